The number of carbonyl (C=O) groups excluding carboxylic acids is 3. The monoisotopic (exact) mass is 556 g/mol. The molecular weight excluding hydrogens is 524 g/mol. The molecule has 0 aliphatic rings. The Morgan fingerprint density at radius 2 is 1.72 bits per heavy atom. The zero-order valence-electron chi connectivity index (χ0n) is 22.8. The molecule has 0 aliphatic heterocycles. The topological polar surface area (TPSA) is 123 Å². The first-order chi connectivity index (χ1) is 18.4. The van der Waals surface area contributed by atoms with E-state index >= 15 is 0 Å². The van der Waals surface area contributed by atoms with Crippen LogP contribution in [0.25, 0.3) is 0 Å². The van der Waals surface area contributed by atoms with Crippen LogP contribution in [0.15, 0.2) is 53.1 Å². The van der Waals surface area contributed by atoms with E-state index in [0.717, 1.165) is 0 Å². The van der Waals surface area contributed by atoms with Gasteiger partial charge in [0.15, 0.2) is 5.82 Å². The molecule has 0 aliphatic carbocycles. The summed E-state index contributed by atoms with van der Waals surface area (Å²) in [5.74, 6) is 0.350. The zero-order chi connectivity index (χ0) is 28.7. The molecular formula is C28H33ClN4O6. The molecule has 0 fully saturated rings. The van der Waals surface area contributed by atoms with Crippen LogP contribution in [0.1, 0.15) is 51.0 Å². The van der Waals surface area contributed by atoms with E-state index in [-0.39, 0.29) is 24.3 Å². The minimum Gasteiger partial charge on any atom is -0.497 e. The number of rotatable bonds is 10. The number of anilines is 2. The van der Waals surface area contributed by atoms with Crippen molar-refractivity contribution in [2.45, 2.75) is 52.1 Å². The highest BCUT2D eigenvalue weighted by Crippen LogP contribution is 2.38. The molecule has 3 rings (SSSR count). The molecule has 1 aromatic heterocycles. The summed E-state index contributed by atoms with van der Waals surface area (Å²) in [6, 6.07) is 12.1. The number of carbonyl (C=O) groups is 3. The van der Waals surface area contributed by atoms with Crippen molar-refractivity contribution in [1.82, 2.24) is 10.5 Å². The van der Waals surface area contributed by atoms with Crippen molar-refractivity contribution in [2.24, 2.45) is 0 Å². The third-order valence-electron chi connectivity index (χ3n) is 5.57. The Bertz CT molecular complexity index is 1320. The number of nitrogens with zero attached hydrogens (tertiary/aromatic N) is 2. The van der Waals surface area contributed by atoms with E-state index in [0.29, 0.717) is 27.8 Å². The number of halogens is 1. The number of hydrogen-bond acceptors (Lipinski definition) is 7. The van der Waals surface area contributed by atoms with E-state index in [2.05, 4.69) is 15.8 Å². The van der Waals surface area contributed by atoms with E-state index in [9.17, 15) is 14.4 Å². The Kier molecular flexibility index (Phi) is 9.58. The molecule has 3 aromatic rings. The third kappa shape index (κ3) is 7.97. The van der Waals surface area contributed by atoms with Crippen LogP contribution in [0.3, 0.4) is 0 Å². The van der Waals surface area contributed by atoms with E-state index in [1.807, 2.05) is 20.8 Å². The van der Waals surface area contributed by atoms with Gasteiger partial charge in [-0.15, -0.1) is 0 Å². The predicted octanol–water partition coefficient (Wildman–Crippen LogP) is 5.06. The molecule has 2 N–H and O–H groups in total. The molecule has 208 valence electrons. The molecule has 10 nitrogen and oxygen atoms in total. The summed E-state index contributed by atoms with van der Waals surface area (Å²) in [6.07, 6.45) is -0.381. The van der Waals surface area contributed by atoms with Crippen LogP contribution < -0.4 is 25.0 Å². The van der Waals surface area contributed by atoms with Crippen molar-refractivity contribution in [1.29, 1.82) is 0 Å². The van der Waals surface area contributed by atoms with Crippen LogP contribution in [0.2, 0.25) is 5.02 Å². The van der Waals surface area contributed by atoms with Crippen molar-refractivity contribution < 1.29 is 28.4 Å². The highest BCUT2D eigenvalue weighted by atomic mass is 35.5. The fourth-order valence-electron chi connectivity index (χ4n) is 3.88. The summed E-state index contributed by atoms with van der Waals surface area (Å²) < 4.78 is 15.8. The van der Waals surface area contributed by atoms with Crippen LogP contribution >= 0.6 is 11.6 Å². The highest BCUT2D eigenvalue weighted by Gasteiger charge is 2.36. The fraction of sp³-hybridized carbons (Fsp3) is 0.357. The number of methoxy groups -OCH3 is 2. The van der Waals surface area contributed by atoms with Crippen molar-refractivity contribution in [3.63, 3.8) is 0 Å². The van der Waals surface area contributed by atoms with E-state index in [1.54, 1.807) is 55.5 Å². The number of benzene rings is 2. The molecule has 11 heteroatoms. The maximum atomic E-state index is 13.9. The van der Waals surface area contributed by atoms with Gasteiger partial charge in [-0.1, -0.05) is 28.9 Å². The standard InChI is InChI=1S/C28H33ClN4O6/c1-17-15-23(32-39-17)30-24(34)13-14-25(35)33(21-16-19(29)9-12-22(21)38-6)26(27(36)31-28(2,3)4)18-7-10-20(37-5)11-8-18/h7-12,15-16,26H,13-14H2,1-6H3,(H,31,36)(H,30,32,34)/t26-/m1/s1. The van der Waals surface area contributed by atoms with Crippen LogP contribution in [0, 0.1) is 6.92 Å². The second kappa shape index (κ2) is 12.7. The summed E-state index contributed by atoms with van der Waals surface area (Å²) in [5, 5.41) is 9.65. The second-order valence-corrected chi connectivity index (χ2v) is 10.3. The average Bonchev–Trinajstić information content (AvgIpc) is 3.28. The molecule has 3 amide bonds. The van der Waals surface area contributed by atoms with Gasteiger partial charge in [0.25, 0.3) is 0 Å². The van der Waals surface area contributed by atoms with Gasteiger partial charge in [0.2, 0.25) is 17.7 Å². The first-order valence-electron chi connectivity index (χ1n) is 12.3. The first-order valence-corrected chi connectivity index (χ1v) is 12.6. The quantitative estimate of drug-likeness (QED) is 0.358. The van der Waals surface area contributed by atoms with Gasteiger partial charge in [-0.05, 0) is 63.6 Å². The summed E-state index contributed by atoms with van der Waals surface area (Å²) in [6.45, 7) is 7.23. The molecule has 2 aromatic carbocycles. The molecule has 0 saturated heterocycles. The summed E-state index contributed by atoms with van der Waals surface area (Å²) in [7, 11) is 3.00. The maximum absolute atomic E-state index is 13.9. The van der Waals surface area contributed by atoms with Gasteiger partial charge in [-0.2, -0.15) is 0 Å². The summed E-state index contributed by atoms with van der Waals surface area (Å²) >= 11 is 6.33. The lowest BCUT2D eigenvalue weighted by Gasteiger charge is -2.34. The van der Waals surface area contributed by atoms with E-state index in [4.69, 9.17) is 25.6 Å². The maximum Gasteiger partial charge on any atom is 0.248 e. The third-order valence-corrected chi connectivity index (χ3v) is 5.80. The Balaban J connectivity index is 2.04. The van der Waals surface area contributed by atoms with Gasteiger partial charge in [0.05, 0.1) is 19.9 Å². The van der Waals surface area contributed by atoms with E-state index < -0.39 is 29.3 Å². The molecule has 0 spiro atoms. The Morgan fingerprint density at radius 3 is 2.28 bits per heavy atom. The molecule has 1 atom stereocenters. The Hall–Kier alpha value is -4.05. The van der Waals surface area contributed by atoms with Gasteiger partial charge >= 0.3 is 0 Å². The second-order valence-electron chi connectivity index (χ2n) is 9.87. The van der Waals surface area contributed by atoms with Crippen molar-refractivity contribution in [3.8, 4) is 11.5 Å². The molecule has 0 unspecified atom stereocenters. The normalized spacial score (nSPS) is 11.9. The van der Waals surface area contributed by atoms with Crippen molar-refractivity contribution >= 4 is 40.8 Å². The summed E-state index contributed by atoms with van der Waals surface area (Å²) in [4.78, 5) is 41.6. The molecule has 1 heterocycles. The number of amides is 3. The fourth-order valence-corrected chi connectivity index (χ4v) is 4.05. The number of hydrogen-bond donors (Lipinski definition) is 2. The van der Waals surface area contributed by atoms with Crippen molar-refractivity contribution in [3.05, 3.63) is 64.9 Å². The number of ether oxygens (including phenoxy) is 2. The van der Waals surface area contributed by atoms with Crippen LogP contribution in [0.5, 0.6) is 11.5 Å². The SMILES string of the molecule is COc1ccc([C@H](C(=O)NC(C)(C)C)N(C(=O)CCC(=O)Nc2cc(C)on2)c2cc(Cl)ccc2OC)cc1. The minimum atomic E-state index is -1.11. The van der Waals surface area contributed by atoms with Crippen LogP contribution in [-0.2, 0) is 14.4 Å². The average molecular weight is 557 g/mol. The van der Waals surface area contributed by atoms with Crippen molar-refractivity contribution in [2.75, 3.05) is 24.4 Å². The van der Waals surface area contributed by atoms with Crippen LogP contribution in [-0.4, -0.2) is 42.6 Å². The predicted molar refractivity (Wildman–Crippen MR) is 148 cm³/mol. The lowest BCUT2D eigenvalue weighted by atomic mass is 10.00. The molecule has 0 bridgehead atoms. The van der Waals surface area contributed by atoms with Gasteiger partial charge in [0.1, 0.15) is 23.3 Å². The van der Waals surface area contributed by atoms with Gasteiger partial charge in [-0.3, -0.25) is 19.3 Å². The first kappa shape index (κ1) is 29.5. The number of nitrogens with one attached hydrogen (secondary N) is 2. The molecule has 39 heavy (non-hydrogen) atoms. The zero-order valence-corrected chi connectivity index (χ0v) is 23.6. The largest absolute Gasteiger partial charge is 0.497 e. The lowest BCUT2D eigenvalue weighted by Crippen LogP contribution is -2.49. The highest BCUT2D eigenvalue weighted by molar-refractivity contribution is 6.31. The number of aryl methyl sites for hydroxylation is 1. The lowest BCUT2D eigenvalue weighted by molar-refractivity contribution is -0.128. The molecule has 0 saturated carbocycles. The van der Waals surface area contributed by atoms with Crippen LogP contribution in [0.4, 0.5) is 11.5 Å². The van der Waals surface area contributed by atoms with Gasteiger partial charge in [0, 0.05) is 29.5 Å². The van der Waals surface area contributed by atoms with Gasteiger partial charge in [-0.25, -0.2) is 0 Å². The minimum absolute atomic E-state index is 0.166. The Labute approximate surface area is 232 Å². The number of aromatic nitrogens is 1. The molecule has 0 radical (unpaired) electrons. The van der Waals surface area contributed by atoms with Gasteiger partial charge < -0.3 is 24.6 Å². The Morgan fingerprint density at radius 1 is 1.03 bits per heavy atom. The smallest absolute Gasteiger partial charge is 0.248 e. The van der Waals surface area contributed by atoms with E-state index in [1.165, 1.54) is 19.1 Å². The summed E-state index contributed by atoms with van der Waals surface area (Å²) in [5.41, 5.74) is 0.216.